The van der Waals surface area contributed by atoms with E-state index < -0.39 is 11.4 Å². The van der Waals surface area contributed by atoms with Gasteiger partial charge >= 0.3 is 5.97 Å². The molecule has 0 saturated heterocycles. The van der Waals surface area contributed by atoms with E-state index in [1.807, 2.05) is 30.3 Å². The van der Waals surface area contributed by atoms with Gasteiger partial charge in [0.25, 0.3) is 0 Å². The molecule has 1 aliphatic carbocycles. The normalized spacial score (nSPS) is 11.3. The minimum Gasteiger partial charge on any atom is -0.462 e. The summed E-state index contributed by atoms with van der Waals surface area (Å²) in [6.45, 7) is 8.04. The number of nitrogens with zero attached hydrogens (tertiary/aromatic N) is 2. The van der Waals surface area contributed by atoms with Crippen LogP contribution in [0.15, 0.2) is 51.7 Å². The number of carbonyl (C=O) groups excluding carboxylic acids is 1. The average Bonchev–Trinajstić information content (AvgIpc) is 2.78. The second-order valence-electron chi connectivity index (χ2n) is 7.50. The van der Waals surface area contributed by atoms with Gasteiger partial charge in [0, 0.05) is 35.6 Å². The van der Waals surface area contributed by atoms with Crippen molar-refractivity contribution in [1.29, 1.82) is 0 Å². The number of esters is 1. The number of hydrogen-bond donors (Lipinski definition) is 0. The summed E-state index contributed by atoms with van der Waals surface area (Å²) in [7, 11) is 0. The van der Waals surface area contributed by atoms with E-state index in [2.05, 4.69) is 18.7 Å². The van der Waals surface area contributed by atoms with Gasteiger partial charge in [-0.15, -0.1) is 0 Å². The second-order valence-corrected chi connectivity index (χ2v) is 7.50. The molecule has 0 radical (unpaired) electrons. The molecule has 0 spiro atoms. The van der Waals surface area contributed by atoms with Crippen LogP contribution >= 0.6 is 0 Å². The number of rotatable bonds is 7. The molecule has 2 aliphatic rings. The zero-order valence-corrected chi connectivity index (χ0v) is 18.1. The molecule has 0 fully saturated rings. The third-order valence-electron chi connectivity index (χ3n) is 5.32. The first-order chi connectivity index (χ1) is 15.1. The van der Waals surface area contributed by atoms with Crippen molar-refractivity contribution in [3.05, 3.63) is 58.3 Å². The zero-order valence-electron chi connectivity index (χ0n) is 18.1. The molecular formula is C25H26N2O4. The van der Waals surface area contributed by atoms with Crippen molar-refractivity contribution < 1.29 is 13.9 Å². The Kier molecular flexibility index (Phi) is 5.89. The molecule has 0 bridgehead atoms. The van der Waals surface area contributed by atoms with E-state index in [4.69, 9.17) is 14.1 Å². The molecule has 0 amide bonds. The SMILES string of the molecule is CCCN(CCC)c1ccc2nc3c4ccccc4c(=O)c(C(=O)OCC)c-3oc2c1. The Morgan fingerprint density at radius 2 is 1.74 bits per heavy atom. The van der Waals surface area contributed by atoms with Crippen molar-refractivity contribution >= 4 is 33.5 Å². The summed E-state index contributed by atoms with van der Waals surface area (Å²) in [6.07, 6.45) is 2.06. The smallest absolute Gasteiger partial charge is 0.346 e. The van der Waals surface area contributed by atoms with Crippen LogP contribution in [0, 0.1) is 0 Å². The minimum atomic E-state index is -0.692. The van der Waals surface area contributed by atoms with Crippen LogP contribution in [0.1, 0.15) is 44.0 Å². The Hall–Kier alpha value is -3.41. The van der Waals surface area contributed by atoms with E-state index >= 15 is 0 Å². The lowest BCUT2D eigenvalue weighted by atomic mass is 9.99. The number of hydrogen-bond acceptors (Lipinski definition) is 6. The number of benzene rings is 3. The Morgan fingerprint density at radius 3 is 2.42 bits per heavy atom. The average molecular weight is 418 g/mol. The first kappa shape index (κ1) is 20.8. The molecule has 0 N–H and O–H groups in total. The predicted molar refractivity (Wildman–Crippen MR) is 123 cm³/mol. The summed E-state index contributed by atoms with van der Waals surface area (Å²) in [4.78, 5) is 32.9. The van der Waals surface area contributed by atoms with Crippen molar-refractivity contribution in [2.45, 2.75) is 33.6 Å². The van der Waals surface area contributed by atoms with Crippen LogP contribution in [0.2, 0.25) is 0 Å². The highest BCUT2D eigenvalue weighted by Gasteiger charge is 2.27. The fourth-order valence-corrected chi connectivity index (χ4v) is 3.98. The van der Waals surface area contributed by atoms with Crippen LogP contribution in [0.4, 0.5) is 5.69 Å². The minimum absolute atomic E-state index is 0.102. The van der Waals surface area contributed by atoms with Gasteiger partial charge in [0.05, 0.1) is 6.61 Å². The molecule has 1 heterocycles. The van der Waals surface area contributed by atoms with Crippen molar-refractivity contribution in [3.63, 3.8) is 0 Å². The van der Waals surface area contributed by atoms with Gasteiger partial charge in [-0.05, 0) is 31.9 Å². The van der Waals surface area contributed by atoms with Crippen molar-refractivity contribution in [2.75, 3.05) is 24.6 Å². The van der Waals surface area contributed by atoms with Gasteiger partial charge in [0.2, 0.25) is 5.43 Å². The zero-order chi connectivity index (χ0) is 22.0. The van der Waals surface area contributed by atoms with Crippen molar-refractivity contribution in [1.82, 2.24) is 4.98 Å². The summed E-state index contributed by atoms with van der Waals surface area (Å²) in [5.74, 6) is -0.521. The third kappa shape index (κ3) is 3.74. The quantitative estimate of drug-likeness (QED) is 0.232. The van der Waals surface area contributed by atoms with Gasteiger partial charge in [0.1, 0.15) is 11.2 Å². The Labute approximate surface area is 180 Å². The van der Waals surface area contributed by atoms with E-state index in [1.54, 1.807) is 19.1 Å². The van der Waals surface area contributed by atoms with Gasteiger partial charge < -0.3 is 14.1 Å². The third-order valence-corrected chi connectivity index (χ3v) is 5.32. The Bertz CT molecular complexity index is 1270. The molecule has 160 valence electrons. The summed E-state index contributed by atoms with van der Waals surface area (Å²) in [5, 5.41) is 1.08. The maximum absolute atomic E-state index is 13.1. The van der Waals surface area contributed by atoms with E-state index in [-0.39, 0.29) is 17.9 Å². The van der Waals surface area contributed by atoms with Crippen molar-refractivity contribution in [3.8, 4) is 11.5 Å². The van der Waals surface area contributed by atoms with Crippen LogP contribution in [-0.4, -0.2) is 30.6 Å². The van der Waals surface area contributed by atoms with E-state index in [0.29, 0.717) is 27.6 Å². The Balaban J connectivity index is 2.02. The number of fused-ring (bicyclic) bond motifs is 4. The lowest BCUT2D eigenvalue weighted by molar-refractivity contribution is 0.0524. The molecule has 31 heavy (non-hydrogen) atoms. The largest absolute Gasteiger partial charge is 0.462 e. The molecule has 2 aromatic rings. The lowest BCUT2D eigenvalue weighted by Gasteiger charge is -2.24. The van der Waals surface area contributed by atoms with Gasteiger partial charge in [0.15, 0.2) is 16.9 Å². The van der Waals surface area contributed by atoms with Gasteiger partial charge in [-0.25, -0.2) is 9.78 Å². The number of aromatic nitrogens is 1. The maximum atomic E-state index is 13.1. The molecule has 2 aromatic carbocycles. The van der Waals surface area contributed by atoms with Crippen LogP contribution in [0.3, 0.4) is 0 Å². The molecule has 0 unspecified atom stereocenters. The van der Waals surface area contributed by atoms with Gasteiger partial charge in [-0.3, -0.25) is 4.79 Å². The summed E-state index contributed by atoms with van der Waals surface area (Å²) >= 11 is 0. The predicted octanol–water partition coefficient (Wildman–Crippen LogP) is 5.25. The number of carbonyl (C=O) groups is 1. The molecule has 1 aliphatic heterocycles. The lowest BCUT2D eigenvalue weighted by Crippen LogP contribution is -2.24. The molecule has 0 saturated carbocycles. The standard InChI is InChI=1S/C25H26N2O4/c1-4-13-27(14-5-2)16-11-12-19-20(15-16)31-24-21(25(29)30-6-3)23(28)18-10-8-7-9-17(18)22(24)26-19/h7-12,15H,4-6,13-14H2,1-3H3. The number of anilines is 1. The van der Waals surface area contributed by atoms with E-state index in [9.17, 15) is 9.59 Å². The van der Waals surface area contributed by atoms with Crippen LogP contribution in [0.5, 0.6) is 0 Å². The Morgan fingerprint density at radius 1 is 1.03 bits per heavy atom. The molecular weight excluding hydrogens is 392 g/mol. The van der Waals surface area contributed by atoms with Crippen LogP contribution in [0.25, 0.3) is 33.3 Å². The number of ether oxygens (including phenoxy) is 1. The maximum Gasteiger partial charge on any atom is 0.346 e. The summed E-state index contributed by atoms with van der Waals surface area (Å²) < 4.78 is 11.4. The molecule has 0 atom stereocenters. The fraction of sp³-hybridized carbons (Fsp3) is 0.320. The summed E-state index contributed by atoms with van der Waals surface area (Å²) in [6, 6.07) is 13.0. The van der Waals surface area contributed by atoms with Crippen LogP contribution in [-0.2, 0) is 4.74 Å². The molecule has 6 heteroatoms. The topological polar surface area (TPSA) is 72.6 Å². The molecule has 6 nitrogen and oxygen atoms in total. The highest BCUT2D eigenvalue weighted by molar-refractivity contribution is 6.06. The van der Waals surface area contributed by atoms with E-state index in [0.717, 1.165) is 31.6 Å². The van der Waals surface area contributed by atoms with Gasteiger partial charge in [-0.1, -0.05) is 38.1 Å². The first-order valence-electron chi connectivity index (χ1n) is 10.8. The van der Waals surface area contributed by atoms with Gasteiger partial charge in [-0.2, -0.15) is 0 Å². The van der Waals surface area contributed by atoms with E-state index in [1.165, 1.54) is 0 Å². The monoisotopic (exact) mass is 418 g/mol. The highest BCUT2D eigenvalue weighted by Crippen LogP contribution is 2.34. The first-order valence-corrected chi connectivity index (χ1v) is 10.8. The van der Waals surface area contributed by atoms with Crippen LogP contribution < -0.4 is 10.3 Å². The molecule has 0 aromatic heterocycles. The highest BCUT2D eigenvalue weighted by atomic mass is 16.5. The second kappa shape index (κ2) is 8.76. The summed E-state index contributed by atoms with van der Waals surface area (Å²) in [5.41, 5.74) is 2.21. The molecule has 4 rings (SSSR count). The van der Waals surface area contributed by atoms with Crippen molar-refractivity contribution in [2.24, 2.45) is 0 Å². The fourth-order valence-electron chi connectivity index (χ4n) is 3.98.